The molecule has 0 aromatic carbocycles. The predicted octanol–water partition coefficient (Wildman–Crippen LogP) is 1.92. The molecule has 1 aliphatic rings. The third kappa shape index (κ3) is 2.90. The number of thiazole rings is 1. The van der Waals surface area contributed by atoms with E-state index in [0.29, 0.717) is 16.9 Å². The van der Waals surface area contributed by atoms with Crippen molar-refractivity contribution < 1.29 is 4.79 Å². The van der Waals surface area contributed by atoms with Gasteiger partial charge in [0, 0.05) is 11.4 Å². The first kappa shape index (κ1) is 14.0. The Kier molecular flexibility index (Phi) is 3.87. The van der Waals surface area contributed by atoms with Crippen LogP contribution in [0.4, 0.5) is 5.13 Å². The molecule has 1 fully saturated rings. The van der Waals surface area contributed by atoms with Gasteiger partial charge in [-0.2, -0.15) is 0 Å². The lowest BCUT2D eigenvalue weighted by Crippen LogP contribution is -2.29. The maximum Gasteiger partial charge on any atom is 0.271 e. The minimum atomic E-state index is -0.239. The molecule has 1 amide bonds. The van der Waals surface area contributed by atoms with E-state index in [9.17, 15) is 4.79 Å². The van der Waals surface area contributed by atoms with Crippen LogP contribution in [0.15, 0.2) is 11.7 Å². The van der Waals surface area contributed by atoms with E-state index in [1.165, 1.54) is 24.2 Å². The molecule has 3 N–H and O–H groups in total. The summed E-state index contributed by atoms with van der Waals surface area (Å²) in [6.07, 6.45) is 6.53. The molecule has 112 valence electrons. The van der Waals surface area contributed by atoms with Crippen molar-refractivity contribution in [3.63, 3.8) is 0 Å². The van der Waals surface area contributed by atoms with E-state index in [-0.39, 0.29) is 11.9 Å². The van der Waals surface area contributed by atoms with E-state index >= 15 is 0 Å². The fourth-order valence-corrected chi connectivity index (χ4v) is 3.30. The van der Waals surface area contributed by atoms with E-state index in [2.05, 4.69) is 25.1 Å². The predicted molar refractivity (Wildman–Crippen MR) is 79.9 cm³/mol. The van der Waals surface area contributed by atoms with Crippen LogP contribution >= 0.6 is 11.3 Å². The average Bonchev–Trinajstić information content (AvgIpc) is 3.19. The molecule has 0 spiro atoms. The van der Waals surface area contributed by atoms with Crippen LogP contribution in [0.25, 0.3) is 0 Å². The van der Waals surface area contributed by atoms with Gasteiger partial charge in [0.25, 0.3) is 5.91 Å². The summed E-state index contributed by atoms with van der Waals surface area (Å²) in [5.41, 5.74) is 5.89. The Labute approximate surface area is 126 Å². The number of nitrogens with zero attached hydrogens (tertiary/aromatic N) is 4. The van der Waals surface area contributed by atoms with Crippen LogP contribution < -0.4 is 11.1 Å². The van der Waals surface area contributed by atoms with Gasteiger partial charge in [-0.25, -0.2) is 4.98 Å². The number of nitrogens with one attached hydrogen (secondary N) is 1. The van der Waals surface area contributed by atoms with Crippen LogP contribution in [0.5, 0.6) is 0 Å². The van der Waals surface area contributed by atoms with E-state index in [4.69, 9.17) is 5.73 Å². The Morgan fingerprint density at radius 1 is 1.52 bits per heavy atom. The molecule has 2 aromatic rings. The molecule has 2 aromatic heterocycles. The molecular formula is C13H18N6OS. The highest BCUT2D eigenvalue weighted by molar-refractivity contribution is 7.13. The summed E-state index contributed by atoms with van der Waals surface area (Å²) in [6, 6.07) is 0.229. The normalized spacial score (nSPS) is 17.0. The van der Waals surface area contributed by atoms with Crippen molar-refractivity contribution in [2.75, 3.05) is 5.73 Å². The van der Waals surface area contributed by atoms with Crippen LogP contribution in [0.1, 0.15) is 61.0 Å². The lowest BCUT2D eigenvalue weighted by atomic mass is 10.2. The molecule has 7 nitrogen and oxygen atoms in total. The molecule has 3 rings (SSSR count). The maximum atomic E-state index is 12.1. The van der Waals surface area contributed by atoms with Gasteiger partial charge in [-0.15, -0.1) is 21.5 Å². The van der Waals surface area contributed by atoms with Crippen molar-refractivity contribution in [1.29, 1.82) is 0 Å². The molecule has 1 unspecified atom stereocenters. The van der Waals surface area contributed by atoms with E-state index in [0.717, 1.165) is 18.7 Å². The average molecular weight is 306 g/mol. The first-order chi connectivity index (χ1) is 10.1. The molecule has 1 saturated carbocycles. The zero-order valence-electron chi connectivity index (χ0n) is 11.8. The quantitative estimate of drug-likeness (QED) is 0.899. The van der Waals surface area contributed by atoms with Crippen molar-refractivity contribution in [3.8, 4) is 0 Å². The summed E-state index contributed by atoms with van der Waals surface area (Å²) in [7, 11) is 0. The number of amides is 1. The number of nitrogens with two attached hydrogens (primary N) is 1. The van der Waals surface area contributed by atoms with Crippen LogP contribution in [-0.4, -0.2) is 25.7 Å². The summed E-state index contributed by atoms with van der Waals surface area (Å²) in [4.78, 5) is 16.1. The number of rotatable bonds is 4. The van der Waals surface area contributed by atoms with Crippen molar-refractivity contribution in [2.45, 2.75) is 44.7 Å². The molecular weight excluding hydrogens is 288 g/mol. The van der Waals surface area contributed by atoms with Gasteiger partial charge in [0.15, 0.2) is 11.0 Å². The molecule has 0 saturated heterocycles. The highest BCUT2D eigenvalue weighted by Gasteiger charge is 2.24. The molecule has 2 heterocycles. The SMILES string of the molecule is CC(NC(=O)c1csc(N)n1)c1nncn1C1CCCC1. The molecule has 0 radical (unpaired) electrons. The minimum Gasteiger partial charge on any atom is -0.375 e. The van der Waals surface area contributed by atoms with Crippen molar-refractivity contribution in [1.82, 2.24) is 25.1 Å². The zero-order chi connectivity index (χ0) is 14.8. The Morgan fingerprint density at radius 3 is 2.95 bits per heavy atom. The standard InChI is InChI=1S/C13H18N6OS/c1-8(16-12(20)10-6-21-13(14)17-10)11-18-15-7-19(11)9-4-2-3-5-9/h6-9H,2-5H2,1H3,(H2,14,17)(H,16,20). The zero-order valence-corrected chi connectivity index (χ0v) is 12.6. The summed E-state index contributed by atoms with van der Waals surface area (Å²) in [6.45, 7) is 1.91. The van der Waals surface area contributed by atoms with E-state index < -0.39 is 0 Å². The van der Waals surface area contributed by atoms with Gasteiger partial charge >= 0.3 is 0 Å². The smallest absolute Gasteiger partial charge is 0.271 e. The van der Waals surface area contributed by atoms with Gasteiger partial charge in [0.1, 0.15) is 12.0 Å². The molecule has 21 heavy (non-hydrogen) atoms. The van der Waals surface area contributed by atoms with Gasteiger partial charge in [-0.3, -0.25) is 4.79 Å². The first-order valence-electron chi connectivity index (χ1n) is 7.06. The highest BCUT2D eigenvalue weighted by Crippen LogP contribution is 2.31. The number of carbonyl (C=O) groups excluding carboxylic acids is 1. The number of hydrogen-bond donors (Lipinski definition) is 2. The summed E-state index contributed by atoms with van der Waals surface area (Å²) in [5.74, 6) is 0.551. The molecule has 1 aliphatic carbocycles. The Bertz CT molecular complexity index is 630. The van der Waals surface area contributed by atoms with Gasteiger partial charge in [0.2, 0.25) is 0 Å². The highest BCUT2D eigenvalue weighted by atomic mass is 32.1. The fraction of sp³-hybridized carbons (Fsp3) is 0.538. The molecule has 0 bridgehead atoms. The van der Waals surface area contributed by atoms with Crippen LogP contribution in [-0.2, 0) is 0 Å². The Morgan fingerprint density at radius 2 is 2.29 bits per heavy atom. The molecule has 0 aliphatic heterocycles. The van der Waals surface area contributed by atoms with E-state index in [1.54, 1.807) is 11.7 Å². The summed E-state index contributed by atoms with van der Waals surface area (Å²) in [5, 5.41) is 13.1. The van der Waals surface area contributed by atoms with Crippen LogP contribution in [0.3, 0.4) is 0 Å². The minimum absolute atomic E-state index is 0.219. The first-order valence-corrected chi connectivity index (χ1v) is 7.94. The molecule has 8 heteroatoms. The topological polar surface area (TPSA) is 98.7 Å². The second-order valence-electron chi connectivity index (χ2n) is 5.30. The van der Waals surface area contributed by atoms with E-state index in [1.807, 2.05) is 6.92 Å². The second-order valence-corrected chi connectivity index (χ2v) is 6.19. The van der Waals surface area contributed by atoms with Crippen molar-refractivity contribution in [3.05, 3.63) is 23.2 Å². The molecule has 1 atom stereocenters. The van der Waals surface area contributed by atoms with Crippen LogP contribution in [0.2, 0.25) is 0 Å². The largest absolute Gasteiger partial charge is 0.375 e. The van der Waals surface area contributed by atoms with Crippen molar-refractivity contribution in [2.24, 2.45) is 0 Å². The van der Waals surface area contributed by atoms with Gasteiger partial charge in [0.05, 0.1) is 6.04 Å². The summed E-state index contributed by atoms with van der Waals surface area (Å²) < 4.78 is 2.09. The van der Waals surface area contributed by atoms with Gasteiger partial charge in [-0.1, -0.05) is 12.8 Å². The monoisotopic (exact) mass is 306 g/mol. The third-order valence-electron chi connectivity index (χ3n) is 3.81. The lowest BCUT2D eigenvalue weighted by Gasteiger charge is -2.18. The maximum absolute atomic E-state index is 12.1. The summed E-state index contributed by atoms with van der Waals surface area (Å²) >= 11 is 1.25. The van der Waals surface area contributed by atoms with Crippen LogP contribution in [0, 0.1) is 0 Å². The number of aromatic nitrogens is 4. The number of hydrogen-bond acceptors (Lipinski definition) is 6. The fourth-order valence-electron chi connectivity index (χ4n) is 2.75. The lowest BCUT2D eigenvalue weighted by molar-refractivity contribution is 0.0933. The number of nitrogen functional groups attached to an aromatic ring is 1. The van der Waals surface area contributed by atoms with Gasteiger partial charge < -0.3 is 15.6 Å². The second kappa shape index (κ2) is 5.80. The van der Waals surface area contributed by atoms with Crippen molar-refractivity contribution >= 4 is 22.4 Å². The third-order valence-corrected chi connectivity index (χ3v) is 4.48. The Hall–Kier alpha value is -1.96. The number of anilines is 1. The Balaban J connectivity index is 1.72. The number of carbonyl (C=O) groups is 1. The van der Waals surface area contributed by atoms with Gasteiger partial charge in [-0.05, 0) is 19.8 Å².